The lowest BCUT2D eigenvalue weighted by Crippen LogP contribution is -2.12. The molecule has 1 aliphatic carbocycles. The number of ether oxygens (including phenoxy) is 1. The maximum atomic E-state index is 13.7. The van der Waals surface area contributed by atoms with Crippen LogP contribution in [-0.2, 0) is 4.79 Å². The van der Waals surface area contributed by atoms with Crippen molar-refractivity contribution in [1.29, 1.82) is 0 Å². The minimum atomic E-state index is -0.468. The van der Waals surface area contributed by atoms with Gasteiger partial charge in [-0.05, 0) is 59.4 Å². The summed E-state index contributed by atoms with van der Waals surface area (Å²) < 4.78 is 18.8. The van der Waals surface area contributed by atoms with Crippen LogP contribution in [0, 0.1) is 5.82 Å². The molecule has 3 rings (SSSR count). The molecule has 118 valence electrons. The Morgan fingerprint density at radius 1 is 1.13 bits per heavy atom. The van der Waals surface area contributed by atoms with E-state index in [9.17, 15) is 9.18 Å². The number of hydrogen-bond donors (Lipinski definition) is 0. The normalized spacial score (nSPS) is 17.8. The minimum absolute atomic E-state index is 0.0578. The number of allylic oxidation sites excluding steroid dienone is 2. The molecule has 0 radical (unpaired) electrons. The smallest absolute Gasteiger partial charge is 0.156 e. The van der Waals surface area contributed by atoms with Gasteiger partial charge in [0.15, 0.2) is 5.78 Å². The summed E-state index contributed by atoms with van der Waals surface area (Å²) in [7, 11) is 1.62. The molecule has 1 aliphatic rings. The van der Waals surface area contributed by atoms with E-state index in [2.05, 4.69) is 0 Å². The van der Waals surface area contributed by atoms with Gasteiger partial charge in [-0.15, -0.1) is 0 Å². The number of rotatable bonds is 3. The van der Waals surface area contributed by atoms with Crippen LogP contribution in [0.4, 0.5) is 4.39 Å². The third kappa shape index (κ3) is 3.45. The highest BCUT2D eigenvalue weighted by Crippen LogP contribution is 2.37. The van der Waals surface area contributed by atoms with Crippen molar-refractivity contribution in [2.24, 2.45) is 0 Å². The molecule has 0 N–H and O–H groups in total. The predicted molar refractivity (Wildman–Crippen MR) is 89.4 cm³/mol. The predicted octanol–water partition coefficient (Wildman–Crippen LogP) is 5.02. The highest BCUT2D eigenvalue weighted by Gasteiger charge is 2.23. The first-order valence-electron chi connectivity index (χ1n) is 7.39. The fraction of sp³-hybridized carbons (Fsp3) is 0.211. The van der Waals surface area contributed by atoms with Crippen molar-refractivity contribution >= 4 is 23.0 Å². The summed E-state index contributed by atoms with van der Waals surface area (Å²) in [4.78, 5) is 12.1. The summed E-state index contributed by atoms with van der Waals surface area (Å²) in [6.45, 7) is 0. The second-order valence-electron chi connectivity index (χ2n) is 5.64. The zero-order chi connectivity index (χ0) is 16.4. The van der Waals surface area contributed by atoms with Crippen LogP contribution in [0.5, 0.6) is 5.75 Å². The van der Waals surface area contributed by atoms with Crippen LogP contribution in [-0.4, -0.2) is 12.9 Å². The van der Waals surface area contributed by atoms with Crippen molar-refractivity contribution in [1.82, 2.24) is 0 Å². The molecule has 0 unspecified atom stereocenters. The molecule has 2 aromatic carbocycles. The number of hydrogen-bond acceptors (Lipinski definition) is 2. The van der Waals surface area contributed by atoms with Crippen molar-refractivity contribution in [3.8, 4) is 5.75 Å². The summed E-state index contributed by atoms with van der Waals surface area (Å²) in [6, 6.07) is 12.4. The number of benzene rings is 2. The molecule has 0 aromatic heterocycles. The molecule has 0 saturated heterocycles. The number of carbonyl (C=O) groups is 1. The Bertz CT molecular complexity index is 765. The van der Waals surface area contributed by atoms with Gasteiger partial charge in [-0.2, -0.15) is 0 Å². The first kappa shape index (κ1) is 15.8. The lowest BCUT2D eigenvalue weighted by molar-refractivity contribution is -0.115. The van der Waals surface area contributed by atoms with Crippen LogP contribution in [0.2, 0.25) is 5.02 Å². The molecule has 4 heteroatoms. The molecule has 0 saturated carbocycles. The van der Waals surface area contributed by atoms with Crippen molar-refractivity contribution in [2.75, 3.05) is 7.11 Å². The van der Waals surface area contributed by atoms with Gasteiger partial charge in [0.05, 0.1) is 12.1 Å². The molecule has 0 spiro atoms. The van der Waals surface area contributed by atoms with E-state index in [0.29, 0.717) is 18.4 Å². The van der Waals surface area contributed by atoms with Crippen LogP contribution in [0.15, 0.2) is 48.5 Å². The Labute approximate surface area is 139 Å². The van der Waals surface area contributed by atoms with Crippen molar-refractivity contribution < 1.29 is 13.9 Å². The Balaban J connectivity index is 1.88. The van der Waals surface area contributed by atoms with Gasteiger partial charge in [0.25, 0.3) is 0 Å². The molecular weight excluding hydrogens is 315 g/mol. The first-order valence-corrected chi connectivity index (χ1v) is 7.77. The standard InChI is InChI=1S/C19H16ClFO2/c1-23-17-5-2-12(3-6-17)14-8-15(10-16(22)9-14)13-4-7-18(20)19(21)11-13/h2-7,10-11,14H,8-9H2,1H3/t14-/m1/s1. The number of halogens is 2. The van der Waals surface area contributed by atoms with Crippen LogP contribution in [0.25, 0.3) is 5.57 Å². The van der Waals surface area contributed by atoms with Gasteiger partial charge in [-0.25, -0.2) is 4.39 Å². The molecule has 0 fully saturated rings. The third-order valence-electron chi connectivity index (χ3n) is 4.13. The van der Waals surface area contributed by atoms with Gasteiger partial charge in [0.2, 0.25) is 0 Å². The topological polar surface area (TPSA) is 26.3 Å². The van der Waals surface area contributed by atoms with Crippen molar-refractivity contribution in [3.05, 3.63) is 70.5 Å². The maximum Gasteiger partial charge on any atom is 0.156 e. The van der Waals surface area contributed by atoms with Gasteiger partial charge in [-0.1, -0.05) is 29.8 Å². The van der Waals surface area contributed by atoms with Crippen LogP contribution >= 0.6 is 11.6 Å². The molecule has 0 aliphatic heterocycles. The van der Waals surface area contributed by atoms with E-state index >= 15 is 0 Å². The molecule has 23 heavy (non-hydrogen) atoms. The van der Waals surface area contributed by atoms with E-state index in [4.69, 9.17) is 16.3 Å². The Morgan fingerprint density at radius 3 is 2.52 bits per heavy atom. The van der Waals surface area contributed by atoms with Crippen LogP contribution in [0.1, 0.15) is 29.9 Å². The average Bonchev–Trinajstić information content (AvgIpc) is 2.57. The number of ketones is 1. The Morgan fingerprint density at radius 2 is 1.87 bits per heavy atom. The van der Waals surface area contributed by atoms with E-state index in [1.54, 1.807) is 19.3 Å². The summed E-state index contributed by atoms with van der Waals surface area (Å²) in [5.74, 6) is 0.463. The minimum Gasteiger partial charge on any atom is -0.497 e. The van der Waals surface area contributed by atoms with Crippen LogP contribution < -0.4 is 4.74 Å². The molecule has 2 aromatic rings. The zero-order valence-electron chi connectivity index (χ0n) is 12.7. The second-order valence-corrected chi connectivity index (χ2v) is 6.05. The summed E-state index contributed by atoms with van der Waals surface area (Å²) in [5.41, 5.74) is 2.63. The monoisotopic (exact) mass is 330 g/mol. The van der Waals surface area contributed by atoms with Gasteiger partial charge in [-0.3, -0.25) is 4.79 Å². The molecule has 1 atom stereocenters. The second kappa shape index (κ2) is 6.55. The maximum absolute atomic E-state index is 13.7. The van der Waals surface area contributed by atoms with E-state index in [0.717, 1.165) is 16.9 Å². The molecule has 0 amide bonds. The Kier molecular flexibility index (Phi) is 4.49. The van der Waals surface area contributed by atoms with E-state index in [-0.39, 0.29) is 16.7 Å². The van der Waals surface area contributed by atoms with Gasteiger partial charge < -0.3 is 4.74 Å². The van der Waals surface area contributed by atoms with Gasteiger partial charge in [0, 0.05) is 6.42 Å². The lowest BCUT2D eigenvalue weighted by atomic mass is 9.81. The highest BCUT2D eigenvalue weighted by molar-refractivity contribution is 6.30. The summed E-state index contributed by atoms with van der Waals surface area (Å²) >= 11 is 5.73. The van der Waals surface area contributed by atoms with Gasteiger partial charge in [0.1, 0.15) is 11.6 Å². The fourth-order valence-corrected chi connectivity index (χ4v) is 3.02. The van der Waals surface area contributed by atoms with E-state index in [1.807, 2.05) is 24.3 Å². The first-order chi connectivity index (χ1) is 11.1. The number of methoxy groups -OCH3 is 1. The largest absolute Gasteiger partial charge is 0.497 e. The molecular formula is C19H16ClFO2. The third-order valence-corrected chi connectivity index (χ3v) is 4.43. The zero-order valence-corrected chi connectivity index (χ0v) is 13.4. The van der Waals surface area contributed by atoms with E-state index < -0.39 is 5.82 Å². The highest BCUT2D eigenvalue weighted by atomic mass is 35.5. The van der Waals surface area contributed by atoms with Crippen molar-refractivity contribution in [3.63, 3.8) is 0 Å². The van der Waals surface area contributed by atoms with Crippen LogP contribution in [0.3, 0.4) is 0 Å². The quantitative estimate of drug-likeness (QED) is 0.790. The summed E-state index contributed by atoms with van der Waals surface area (Å²) in [6.07, 6.45) is 2.77. The SMILES string of the molecule is COc1ccc([C@H]2CC(=O)C=C(c3ccc(Cl)c(F)c3)C2)cc1. The van der Waals surface area contributed by atoms with Crippen molar-refractivity contribution in [2.45, 2.75) is 18.8 Å². The molecule has 0 heterocycles. The molecule has 0 bridgehead atoms. The lowest BCUT2D eigenvalue weighted by Gasteiger charge is -2.23. The Hall–Kier alpha value is -2.13. The molecule has 2 nitrogen and oxygen atoms in total. The average molecular weight is 331 g/mol. The summed E-state index contributed by atoms with van der Waals surface area (Å²) in [5, 5.41) is 0.0863. The number of carbonyl (C=O) groups excluding carboxylic acids is 1. The van der Waals surface area contributed by atoms with Gasteiger partial charge >= 0.3 is 0 Å². The van der Waals surface area contributed by atoms with E-state index in [1.165, 1.54) is 12.1 Å². The fourth-order valence-electron chi connectivity index (χ4n) is 2.90.